The van der Waals surface area contributed by atoms with Crippen LogP contribution in [-0.4, -0.2) is 18.7 Å². The molecule has 0 aliphatic heterocycles. The maximum absolute atomic E-state index is 12.0. The van der Waals surface area contributed by atoms with Crippen LogP contribution in [0.5, 0.6) is 11.5 Å². The minimum atomic E-state index is -0.381. The minimum absolute atomic E-state index is 0.0997. The Balaban J connectivity index is 2.42. The molecule has 0 saturated carbocycles. The zero-order valence-corrected chi connectivity index (χ0v) is 14.3. The van der Waals surface area contributed by atoms with Crippen LogP contribution in [0.2, 0.25) is 0 Å². The van der Waals surface area contributed by atoms with E-state index in [9.17, 15) is 10.1 Å². The molecule has 2 rings (SSSR count). The summed E-state index contributed by atoms with van der Waals surface area (Å²) in [6.45, 7) is 4.53. The van der Waals surface area contributed by atoms with Crippen LogP contribution >= 0.6 is 0 Å². The highest BCUT2D eigenvalue weighted by atomic mass is 16.5. The third-order valence-corrected chi connectivity index (χ3v) is 3.76. The molecule has 0 fully saturated rings. The van der Waals surface area contributed by atoms with Gasteiger partial charge in [0.1, 0.15) is 11.6 Å². The van der Waals surface area contributed by atoms with Gasteiger partial charge in [0, 0.05) is 11.3 Å². The largest absolute Gasteiger partial charge is 0.493 e. The number of nitriles is 1. The average molecular weight is 326 g/mol. The Morgan fingerprint density at radius 1 is 1.21 bits per heavy atom. The van der Waals surface area contributed by atoms with Gasteiger partial charge in [0.05, 0.1) is 13.7 Å². The molecule has 0 amide bonds. The van der Waals surface area contributed by atoms with Gasteiger partial charge in [-0.1, -0.05) is 25.8 Å². The van der Waals surface area contributed by atoms with Crippen LogP contribution < -0.4 is 15.0 Å². The number of unbranched alkanes of at least 4 members (excludes halogenated alkanes) is 2. The Morgan fingerprint density at radius 2 is 2.00 bits per heavy atom. The lowest BCUT2D eigenvalue weighted by Gasteiger charge is -2.13. The Hall–Kier alpha value is -2.74. The van der Waals surface area contributed by atoms with E-state index in [2.05, 4.69) is 11.9 Å². The number of aromatic amines is 1. The fourth-order valence-electron chi connectivity index (χ4n) is 2.52. The van der Waals surface area contributed by atoms with Gasteiger partial charge in [-0.2, -0.15) is 5.26 Å². The molecule has 24 heavy (non-hydrogen) atoms. The van der Waals surface area contributed by atoms with Gasteiger partial charge in [0.2, 0.25) is 0 Å². The molecule has 0 bridgehead atoms. The highest BCUT2D eigenvalue weighted by molar-refractivity contribution is 5.72. The van der Waals surface area contributed by atoms with E-state index in [1.165, 1.54) is 0 Å². The van der Waals surface area contributed by atoms with Gasteiger partial charge in [-0.3, -0.25) is 4.79 Å². The smallest absolute Gasteiger partial charge is 0.266 e. The third-order valence-electron chi connectivity index (χ3n) is 3.76. The number of aromatic nitrogens is 1. The van der Waals surface area contributed by atoms with Crippen molar-refractivity contribution in [3.05, 3.63) is 45.9 Å². The van der Waals surface area contributed by atoms with Gasteiger partial charge >= 0.3 is 0 Å². The van der Waals surface area contributed by atoms with Gasteiger partial charge in [-0.25, -0.2) is 0 Å². The van der Waals surface area contributed by atoms with Crippen molar-refractivity contribution in [3.63, 3.8) is 0 Å². The fraction of sp³-hybridized carbons (Fsp3) is 0.368. The van der Waals surface area contributed by atoms with Crippen molar-refractivity contribution in [2.24, 2.45) is 0 Å². The molecule has 0 spiro atoms. The molecule has 0 aliphatic rings. The summed E-state index contributed by atoms with van der Waals surface area (Å²) in [4.78, 5) is 14.6. The first-order chi connectivity index (χ1) is 11.6. The van der Waals surface area contributed by atoms with Crippen molar-refractivity contribution in [3.8, 4) is 28.7 Å². The number of rotatable bonds is 7. The number of aryl methyl sites for hydroxylation is 1. The van der Waals surface area contributed by atoms with Crippen LogP contribution in [0.4, 0.5) is 0 Å². The van der Waals surface area contributed by atoms with Crippen LogP contribution in [0.1, 0.15) is 37.4 Å². The van der Waals surface area contributed by atoms with Crippen LogP contribution in [0.25, 0.3) is 11.1 Å². The molecule has 0 radical (unpaired) electrons. The van der Waals surface area contributed by atoms with Gasteiger partial charge in [0.15, 0.2) is 11.5 Å². The molecule has 5 heteroatoms. The second kappa shape index (κ2) is 8.21. The molecule has 2 aromatic rings. The number of hydrogen-bond donors (Lipinski definition) is 1. The number of hydrogen-bond acceptors (Lipinski definition) is 4. The highest BCUT2D eigenvalue weighted by Gasteiger charge is 2.13. The van der Waals surface area contributed by atoms with Crippen molar-refractivity contribution in [1.29, 1.82) is 5.26 Å². The number of H-pyrrole nitrogens is 1. The van der Waals surface area contributed by atoms with Gasteiger partial charge < -0.3 is 14.5 Å². The normalized spacial score (nSPS) is 10.2. The van der Waals surface area contributed by atoms with Crippen LogP contribution in [0.15, 0.2) is 29.1 Å². The topological polar surface area (TPSA) is 75.1 Å². The first-order valence-electron chi connectivity index (χ1n) is 8.06. The van der Waals surface area contributed by atoms with E-state index in [1.54, 1.807) is 26.2 Å². The van der Waals surface area contributed by atoms with E-state index >= 15 is 0 Å². The summed E-state index contributed by atoms with van der Waals surface area (Å²) in [5.41, 5.74) is 1.78. The van der Waals surface area contributed by atoms with E-state index in [0.717, 1.165) is 24.8 Å². The standard InChI is InChI=1S/C19H22N2O3/c1-4-5-6-9-24-18-11-14(7-8-17(18)23-3)15-10-13(2)21-19(22)16(15)12-20/h7-8,10-11H,4-6,9H2,1-3H3,(H,21,22). The summed E-state index contributed by atoms with van der Waals surface area (Å²) in [6.07, 6.45) is 3.20. The number of nitrogens with one attached hydrogen (secondary N) is 1. The Kier molecular flexibility index (Phi) is 6.02. The van der Waals surface area contributed by atoms with Crippen molar-refractivity contribution in [1.82, 2.24) is 4.98 Å². The summed E-state index contributed by atoms with van der Waals surface area (Å²) in [5.74, 6) is 1.25. The second-order valence-corrected chi connectivity index (χ2v) is 5.60. The SMILES string of the molecule is CCCCCOc1cc(-c2cc(C)[nH]c(=O)c2C#N)ccc1OC. The maximum atomic E-state index is 12.0. The molecule has 1 heterocycles. The summed E-state index contributed by atoms with van der Waals surface area (Å²) in [5, 5.41) is 9.30. The molecular weight excluding hydrogens is 304 g/mol. The van der Waals surface area contributed by atoms with Crippen LogP contribution in [-0.2, 0) is 0 Å². The molecule has 0 saturated heterocycles. The molecule has 0 atom stereocenters. The van der Waals surface area contributed by atoms with E-state index in [1.807, 2.05) is 18.2 Å². The second-order valence-electron chi connectivity index (χ2n) is 5.60. The van der Waals surface area contributed by atoms with E-state index in [0.29, 0.717) is 29.4 Å². The lowest BCUT2D eigenvalue weighted by molar-refractivity contribution is 0.286. The monoisotopic (exact) mass is 326 g/mol. The highest BCUT2D eigenvalue weighted by Crippen LogP contribution is 2.33. The number of ether oxygens (including phenoxy) is 2. The van der Waals surface area contributed by atoms with E-state index < -0.39 is 0 Å². The van der Waals surface area contributed by atoms with E-state index in [-0.39, 0.29) is 11.1 Å². The lowest BCUT2D eigenvalue weighted by atomic mass is 10.0. The van der Waals surface area contributed by atoms with Crippen molar-refractivity contribution in [2.75, 3.05) is 13.7 Å². The Morgan fingerprint density at radius 3 is 2.67 bits per heavy atom. The molecule has 0 unspecified atom stereocenters. The average Bonchev–Trinajstić information content (AvgIpc) is 2.58. The lowest BCUT2D eigenvalue weighted by Crippen LogP contribution is -2.12. The van der Waals surface area contributed by atoms with Crippen LogP contribution in [0.3, 0.4) is 0 Å². The fourth-order valence-corrected chi connectivity index (χ4v) is 2.52. The van der Waals surface area contributed by atoms with Crippen molar-refractivity contribution in [2.45, 2.75) is 33.1 Å². The van der Waals surface area contributed by atoms with Gasteiger partial charge in [-0.15, -0.1) is 0 Å². The van der Waals surface area contributed by atoms with E-state index in [4.69, 9.17) is 9.47 Å². The van der Waals surface area contributed by atoms with Gasteiger partial charge in [-0.05, 0) is 37.1 Å². The minimum Gasteiger partial charge on any atom is -0.493 e. The summed E-state index contributed by atoms with van der Waals surface area (Å²) in [6, 6.07) is 9.22. The number of nitrogens with zero attached hydrogens (tertiary/aromatic N) is 1. The molecule has 1 aromatic heterocycles. The summed E-state index contributed by atoms with van der Waals surface area (Å²) in [7, 11) is 1.59. The molecule has 1 aromatic carbocycles. The molecule has 1 N–H and O–H groups in total. The number of pyridine rings is 1. The molecule has 5 nitrogen and oxygen atoms in total. The first kappa shape index (κ1) is 17.6. The first-order valence-corrected chi connectivity index (χ1v) is 8.06. The molecule has 126 valence electrons. The van der Waals surface area contributed by atoms with Crippen molar-refractivity contribution < 1.29 is 9.47 Å². The predicted molar refractivity (Wildman–Crippen MR) is 93.5 cm³/mol. The number of methoxy groups -OCH3 is 1. The predicted octanol–water partition coefficient (Wildman–Crippen LogP) is 3.80. The Labute approximate surface area is 141 Å². The van der Waals surface area contributed by atoms with Crippen molar-refractivity contribution >= 4 is 0 Å². The summed E-state index contributed by atoms with van der Waals surface area (Å²) >= 11 is 0. The Bertz CT molecular complexity index is 803. The summed E-state index contributed by atoms with van der Waals surface area (Å²) < 4.78 is 11.2. The van der Waals surface area contributed by atoms with Gasteiger partial charge in [0.25, 0.3) is 5.56 Å². The molecule has 0 aliphatic carbocycles. The zero-order chi connectivity index (χ0) is 17.5. The molecular formula is C19H22N2O3. The zero-order valence-electron chi connectivity index (χ0n) is 14.3. The van der Waals surface area contributed by atoms with Crippen LogP contribution in [0, 0.1) is 18.3 Å². The maximum Gasteiger partial charge on any atom is 0.266 e. The quantitative estimate of drug-likeness (QED) is 0.785. The third kappa shape index (κ3) is 3.96. The number of benzene rings is 1.